The van der Waals surface area contributed by atoms with E-state index in [1.807, 2.05) is 13.1 Å². The van der Waals surface area contributed by atoms with Gasteiger partial charge in [-0.25, -0.2) is 4.39 Å². The van der Waals surface area contributed by atoms with Gasteiger partial charge in [-0.1, -0.05) is 24.3 Å². The van der Waals surface area contributed by atoms with Crippen molar-refractivity contribution in [3.8, 4) is 5.75 Å². The Morgan fingerprint density at radius 2 is 2.00 bits per heavy atom. The third-order valence-electron chi connectivity index (χ3n) is 4.12. The number of fused-ring (bicyclic) bond motifs is 1. The van der Waals surface area contributed by atoms with Gasteiger partial charge in [-0.15, -0.1) is 0 Å². The summed E-state index contributed by atoms with van der Waals surface area (Å²) in [5.74, 6) is 0.740. The van der Waals surface area contributed by atoms with Gasteiger partial charge < -0.3 is 10.1 Å². The fourth-order valence-electron chi connectivity index (χ4n) is 2.99. The molecule has 0 radical (unpaired) electrons. The number of ether oxygens (including phenoxy) is 1. The summed E-state index contributed by atoms with van der Waals surface area (Å²) in [7, 11) is 2.01. The summed E-state index contributed by atoms with van der Waals surface area (Å²) >= 11 is 0. The van der Waals surface area contributed by atoms with E-state index in [0.29, 0.717) is 12.6 Å². The number of nitrogens with one attached hydrogen (secondary N) is 1. The van der Waals surface area contributed by atoms with Crippen molar-refractivity contribution in [2.45, 2.75) is 31.9 Å². The van der Waals surface area contributed by atoms with Gasteiger partial charge in [0.05, 0.1) is 0 Å². The van der Waals surface area contributed by atoms with Crippen molar-refractivity contribution in [1.82, 2.24) is 5.32 Å². The minimum atomic E-state index is -0.215. The zero-order valence-electron chi connectivity index (χ0n) is 12.2. The maximum atomic E-state index is 12.9. The van der Waals surface area contributed by atoms with Gasteiger partial charge in [0.15, 0.2) is 0 Å². The van der Waals surface area contributed by atoms with E-state index in [-0.39, 0.29) is 5.82 Å². The van der Waals surface area contributed by atoms with Crippen LogP contribution in [0.1, 0.15) is 35.6 Å². The molecule has 0 saturated heterocycles. The molecule has 3 rings (SSSR count). The van der Waals surface area contributed by atoms with Crippen LogP contribution in [0.4, 0.5) is 4.39 Å². The molecule has 1 aliphatic rings. The SMILES string of the molecule is CNC1CCCc2c(OCc3ccc(F)cc3)cccc21. The molecule has 0 bridgehead atoms. The molecule has 1 atom stereocenters. The Bertz CT molecular complexity index is 609. The van der Waals surface area contributed by atoms with E-state index in [1.54, 1.807) is 12.1 Å². The lowest BCUT2D eigenvalue weighted by Gasteiger charge is -2.26. The molecule has 0 heterocycles. The molecule has 110 valence electrons. The summed E-state index contributed by atoms with van der Waals surface area (Å²) in [6, 6.07) is 13.1. The third-order valence-corrected chi connectivity index (χ3v) is 4.12. The van der Waals surface area contributed by atoms with Crippen LogP contribution in [-0.2, 0) is 13.0 Å². The highest BCUT2D eigenvalue weighted by Crippen LogP contribution is 2.35. The first kappa shape index (κ1) is 14.1. The quantitative estimate of drug-likeness (QED) is 0.916. The second-order valence-corrected chi connectivity index (χ2v) is 5.47. The molecular weight excluding hydrogens is 265 g/mol. The number of benzene rings is 2. The van der Waals surface area contributed by atoms with E-state index in [1.165, 1.54) is 36.1 Å². The monoisotopic (exact) mass is 285 g/mol. The molecular formula is C18H20FNO. The topological polar surface area (TPSA) is 21.3 Å². The average Bonchev–Trinajstić information content (AvgIpc) is 2.53. The summed E-state index contributed by atoms with van der Waals surface area (Å²) in [5.41, 5.74) is 3.64. The summed E-state index contributed by atoms with van der Waals surface area (Å²) in [6.07, 6.45) is 3.41. The van der Waals surface area contributed by atoms with Crippen LogP contribution < -0.4 is 10.1 Å². The molecule has 2 aromatic carbocycles. The van der Waals surface area contributed by atoms with Gasteiger partial charge in [0.2, 0.25) is 0 Å². The van der Waals surface area contributed by atoms with Gasteiger partial charge >= 0.3 is 0 Å². The van der Waals surface area contributed by atoms with Gasteiger partial charge in [-0.3, -0.25) is 0 Å². The molecule has 1 aliphatic carbocycles. The average molecular weight is 285 g/mol. The molecule has 3 heteroatoms. The molecule has 0 saturated carbocycles. The van der Waals surface area contributed by atoms with Crippen molar-refractivity contribution in [3.05, 3.63) is 65.0 Å². The standard InChI is InChI=1S/C18H20FNO/c1-20-17-6-2-5-16-15(17)4-3-7-18(16)21-12-13-8-10-14(19)11-9-13/h3-4,7-11,17,20H,2,5-6,12H2,1H3. The third kappa shape index (κ3) is 3.08. The minimum Gasteiger partial charge on any atom is -0.489 e. The molecule has 21 heavy (non-hydrogen) atoms. The van der Waals surface area contributed by atoms with Crippen molar-refractivity contribution in [1.29, 1.82) is 0 Å². The zero-order chi connectivity index (χ0) is 14.7. The highest BCUT2D eigenvalue weighted by atomic mass is 19.1. The fourth-order valence-corrected chi connectivity index (χ4v) is 2.99. The Hall–Kier alpha value is -1.87. The van der Waals surface area contributed by atoms with Crippen LogP contribution in [-0.4, -0.2) is 7.05 Å². The second-order valence-electron chi connectivity index (χ2n) is 5.47. The Morgan fingerprint density at radius 1 is 1.19 bits per heavy atom. The van der Waals surface area contributed by atoms with Crippen LogP contribution in [0.25, 0.3) is 0 Å². The van der Waals surface area contributed by atoms with Crippen LogP contribution >= 0.6 is 0 Å². The van der Waals surface area contributed by atoms with Gasteiger partial charge in [-0.05, 0) is 61.2 Å². The number of halogens is 1. The smallest absolute Gasteiger partial charge is 0.123 e. The van der Waals surface area contributed by atoms with Crippen LogP contribution in [0.3, 0.4) is 0 Å². The normalized spacial score (nSPS) is 17.3. The van der Waals surface area contributed by atoms with Crippen molar-refractivity contribution in [2.24, 2.45) is 0 Å². The predicted molar refractivity (Wildman–Crippen MR) is 81.9 cm³/mol. The lowest BCUT2D eigenvalue weighted by Crippen LogP contribution is -2.22. The first-order chi connectivity index (χ1) is 10.3. The van der Waals surface area contributed by atoms with Crippen LogP contribution in [0.5, 0.6) is 5.75 Å². The van der Waals surface area contributed by atoms with Crippen LogP contribution in [0.15, 0.2) is 42.5 Å². The van der Waals surface area contributed by atoms with Crippen LogP contribution in [0.2, 0.25) is 0 Å². The summed E-state index contributed by atoms with van der Waals surface area (Å²) in [5, 5.41) is 3.37. The lowest BCUT2D eigenvalue weighted by atomic mass is 9.87. The zero-order valence-corrected chi connectivity index (χ0v) is 12.2. The number of hydrogen-bond acceptors (Lipinski definition) is 2. The first-order valence-electron chi connectivity index (χ1n) is 7.44. The minimum absolute atomic E-state index is 0.215. The molecule has 0 aliphatic heterocycles. The van der Waals surface area contributed by atoms with Crippen molar-refractivity contribution < 1.29 is 9.13 Å². The number of hydrogen-bond donors (Lipinski definition) is 1. The summed E-state index contributed by atoms with van der Waals surface area (Å²) < 4.78 is 18.9. The van der Waals surface area contributed by atoms with Crippen molar-refractivity contribution >= 4 is 0 Å². The molecule has 0 amide bonds. The molecule has 0 fully saturated rings. The number of rotatable bonds is 4. The van der Waals surface area contributed by atoms with E-state index in [0.717, 1.165) is 17.7 Å². The van der Waals surface area contributed by atoms with Crippen LogP contribution in [0, 0.1) is 5.82 Å². The van der Waals surface area contributed by atoms with E-state index >= 15 is 0 Å². The second kappa shape index (κ2) is 6.27. The Balaban J connectivity index is 1.78. The molecule has 2 nitrogen and oxygen atoms in total. The van der Waals surface area contributed by atoms with Gasteiger partial charge in [-0.2, -0.15) is 0 Å². The van der Waals surface area contributed by atoms with Gasteiger partial charge in [0, 0.05) is 6.04 Å². The maximum Gasteiger partial charge on any atom is 0.123 e. The molecule has 1 unspecified atom stereocenters. The highest BCUT2D eigenvalue weighted by Gasteiger charge is 2.21. The van der Waals surface area contributed by atoms with E-state index in [4.69, 9.17) is 4.74 Å². The largest absolute Gasteiger partial charge is 0.489 e. The Morgan fingerprint density at radius 3 is 2.76 bits per heavy atom. The Labute approximate surface area is 125 Å². The van der Waals surface area contributed by atoms with E-state index in [9.17, 15) is 4.39 Å². The molecule has 0 aromatic heterocycles. The molecule has 2 aromatic rings. The lowest BCUT2D eigenvalue weighted by molar-refractivity contribution is 0.299. The fraction of sp³-hybridized carbons (Fsp3) is 0.333. The van der Waals surface area contributed by atoms with Gasteiger partial charge in [0.1, 0.15) is 18.2 Å². The molecule has 1 N–H and O–H groups in total. The summed E-state index contributed by atoms with van der Waals surface area (Å²) in [6.45, 7) is 0.473. The maximum absolute atomic E-state index is 12.9. The van der Waals surface area contributed by atoms with Crippen molar-refractivity contribution in [2.75, 3.05) is 7.05 Å². The Kier molecular flexibility index (Phi) is 4.20. The first-order valence-corrected chi connectivity index (χ1v) is 7.44. The highest BCUT2D eigenvalue weighted by molar-refractivity contribution is 5.43. The molecule has 0 spiro atoms. The van der Waals surface area contributed by atoms with Crippen molar-refractivity contribution in [3.63, 3.8) is 0 Å². The predicted octanol–water partition coefficient (Wildman–Crippen LogP) is 4.00. The van der Waals surface area contributed by atoms with E-state index in [2.05, 4.69) is 17.4 Å². The summed E-state index contributed by atoms with van der Waals surface area (Å²) in [4.78, 5) is 0. The van der Waals surface area contributed by atoms with Gasteiger partial charge in [0.25, 0.3) is 0 Å². The van der Waals surface area contributed by atoms with E-state index < -0.39 is 0 Å².